The van der Waals surface area contributed by atoms with Crippen molar-refractivity contribution < 1.29 is 4.79 Å². The number of ketones is 1. The van der Waals surface area contributed by atoms with E-state index in [4.69, 9.17) is 0 Å². The Morgan fingerprint density at radius 1 is 1.13 bits per heavy atom. The van der Waals surface area contributed by atoms with E-state index in [1.807, 2.05) is 55.5 Å². The molecule has 1 aromatic heterocycles. The first kappa shape index (κ1) is 16.0. The van der Waals surface area contributed by atoms with Crippen LogP contribution in [0, 0.1) is 6.92 Å². The van der Waals surface area contributed by atoms with Crippen LogP contribution in [0.2, 0.25) is 0 Å². The molecule has 1 heterocycles. The van der Waals surface area contributed by atoms with Crippen molar-refractivity contribution in [2.24, 2.45) is 0 Å². The van der Waals surface area contributed by atoms with Crippen LogP contribution in [0.1, 0.15) is 15.9 Å². The lowest BCUT2D eigenvalue weighted by Crippen LogP contribution is -2.02. The summed E-state index contributed by atoms with van der Waals surface area (Å²) >= 11 is 4.84. The van der Waals surface area contributed by atoms with Crippen LogP contribution >= 0.6 is 27.7 Å². The fraction of sp³-hybridized carbons (Fsp3) is 0.111. The van der Waals surface area contributed by atoms with E-state index in [0.717, 1.165) is 32.0 Å². The molecule has 0 spiro atoms. The number of nitrogens with one attached hydrogen (secondary N) is 1. The topological polar surface area (TPSA) is 45.8 Å². The van der Waals surface area contributed by atoms with Gasteiger partial charge in [-0.15, -0.1) is 0 Å². The Hall–Kier alpha value is -1.85. The van der Waals surface area contributed by atoms with Gasteiger partial charge in [-0.3, -0.25) is 4.79 Å². The van der Waals surface area contributed by atoms with E-state index in [2.05, 4.69) is 25.9 Å². The third-order valence-electron chi connectivity index (χ3n) is 3.42. The molecule has 5 heteroatoms. The van der Waals surface area contributed by atoms with Crippen molar-refractivity contribution in [3.63, 3.8) is 0 Å². The minimum atomic E-state index is 0.108. The molecule has 0 saturated heterocycles. The lowest BCUT2D eigenvalue weighted by molar-refractivity contribution is 0.102. The first-order valence-electron chi connectivity index (χ1n) is 7.15. The maximum Gasteiger partial charge on any atom is 0.173 e. The minimum absolute atomic E-state index is 0.108. The highest BCUT2D eigenvalue weighted by Crippen LogP contribution is 2.23. The summed E-state index contributed by atoms with van der Waals surface area (Å²) in [4.78, 5) is 19.8. The number of benzene rings is 2. The molecule has 0 aliphatic rings. The van der Waals surface area contributed by atoms with Gasteiger partial charge in [0.2, 0.25) is 0 Å². The fourth-order valence-corrected chi connectivity index (χ4v) is 3.12. The molecule has 0 fully saturated rings. The van der Waals surface area contributed by atoms with Crippen molar-refractivity contribution in [1.29, 1.82) is 0 Å². The molecule has 3 rings (SSSR count). The molecule has 0 radical (unpaired) electrons. The minimum Gasteiger partial charge on any atom is -0.333 e. The van der Waals surface area contributed by atoms with Crippen LogP contribution in [-0.4, -0.2) is 21.5 Å². The maximum atomic E-state index is 12.2. The first-order valence-corrected chi connectivity index (χ1v) is 8.93. The fourth-order valence-electron chi connectivity index (χ4n) is 2.11. The quantitative estimate of drug-likeness (QED) is 0.488. The van der Waals surface area contributed by atoms with Gasteiger partial charge in [0.15, 0.2) is 10.9 Å². The van der Waals surface area contributed by atoms with Crippen molar-refractivity contribution in [1.82, 2.24) is 9.97 Å². The number of aryl methyl sites for hydroxylation is 1. The summed E-state index contributed by atoms with van der Waals surface area (Å²) in [6, 6.07) is 15.7. The Morgan fingerprint density at radius 2 is 1.83 bits per heavy atom. The summed E-state index contributed by atoms with van der Waals surface area (Å²) in [7, 11) is 0. The highest BCUT2D eigenvalue weighted by atomic mass is 79.9. The van der Waals surface area contributed by atoms with Gasteiger partial charge in [0.05, 0.1) is 17.6 Å². The summed E-state index contributed by atoms with van der Waals surface area (Å²) in [6.07, 6.45) is 1.79. The zero-order valence-corrected chi connectivity index (χ0v) is 14.9. The summed E-state index contributed by atoms with van der Waals surface area (Å²) in [5, 5.41) is 0.753. The summed E-state index contributed by atoms with van der Waals surface area (Å²) in [5.41, 5.74) is 3.90. The second-order valence-corrected chi connectivity index (χ2v) is 7.07. The molecule has 0 saturated carbocycles. The van der Waals surface area contributed by atoms with Gasteiger partial charge in [-0.25, -0.2) is 4.98 Å². The van der Waals surface area contributed by atoms with Crippen molar-refractivity contribution in [2.45, 2.75) is 12.1 Å². The molecule has 116 valence electrons. The highest BCUT2D eigenvalue weighted by molar-refractivity contribution is 9.10. The number of Topliss-reactive ketones (excluding diaryl/α,β-unsaturated/α-hetero) is 1. The van der Waals surface area contributed by atoms with Crippen molar-refractivity contribution in [2.75, 3.05) is 5.75 Å². The van der Waals surface area contributed by atoms with Gasteiger partial charge < -0.3 is 4.98 Å². The van der Waals surface area contributed by atoms with Gasteiger partial charge in [-0.2, -0.15) is 0 Å². The number of hydrogen-bond acceptors (Lipinski definition) is 3. The van der Waals surface area contributed by atoms with E-state index in [-0.39, 0.29) is 5.78 Å². The Labute approximate surface area is 147 Å². The normalized spacial score (nSPS) is 10.7. The van der Waals surface area contributed by atoms with Gasteiger partial charge in [0, 0.05) is 10.0 Å². The Morgan fingerprint density at radius 3 is 2.52 bits per heavy atom. The SMILES string of the molecule is Cc1ccc(C(=O)CSc2ncc(-c3ccc(Br)cc3)[nH]2)cc1. The van der Waals surface area contributed by atoms with E-state index in [9.17, 15) is 4.79 Å². The monoisotopic (exact) mass is 386 g/mol. The van der Waals surface area contributed by atoms with Gasteiger partial charge >= 0.3 is 0 Å². The van der Waals surface area contributed by atoms with E-state index in [1.165, 1.54) is 11.8 Å². The third kappa shape index (κ3) is 4.12. The molecule has 3 aromatic rings. The molecule has 2 aromatic carbocycles. The number of aromatic amines is 1. The zero-order chi connectivity index (χ0) is 16.2. The van der Waals surface area contributed by atoms with Gasteiger partial charge in [0.25, 0.3) is 0 Å². The van der Waals surface area contributed by atoms with Crippen LogP contribution in [0.3, 0.4) is 0 Å². The van der Waals surface area contributed by atoms with Gasteiger partial charge in [-0.1, -0.05) is 69.7 Å². The molecular formula is C18H15BrN2OS. The van der Waals surface area contributed by atoms with Crippen LogP contribution < -0.4 is 0 Å². The van der Waals surface area contributed by atoms with Crippen LogP contribution in [0.4, 0.5) is 0 Å². The Balaban J connectivity index is 1.64. The number of halogens is 1. The number of nitrogens with zero attached hydrogens (tertiary/aromatic N) is 1. The summed E-state index contributed by atoms with van der Waals surface area (Å²) < 4.78 is 1.04. The first-order chi connectivity index (χ1) is 11.1. The van der Waals surface area contributed by atoms with E-state index in [0.29, 0.717) is 5.75 Å². The highest BCUT2D eigenvalue weighted by Gasteiger charge is 2.09. The van der Waals surface area contributed by atoms with Crippen LogP contribution in [0.25, 0.3) is 11.3 Å². The Bertz CT molecular complexity index is 810. The lowest BCUT2D eigenvalue weighted by atomic mass is 10.1. The predicted octanol–water partition coefficient (Wildman–Crippen LogP) is 5.12. The smallest absolute Gasteiger partial charge is 0.173 e. The van der Waals surface area contributed by atoms with Gasteiger partial charge in [-0.05, 0) is 24.6 Å². The molecule has 0 bridgehead atoms. The summed E-state index contributed by atoms with van der Waals surface area (Å²) in [6.45, 7) is 2.01. The number of hydrogen-bond donors (Lipinski definition) is 1. The standard InChI is InChI=1S/C18H15BrN2OS/c1-12-2-4-14(5-3-12)17(22)11-23-18-20-10-16(21-18)13-6-8-15(19)9-7-13/h2-10H,11H2,1H3,(H,20,21). The second kappa shape index (κ2) is 7.15. The van der Waals surface area contributed by atoms with Crippen LogP contribution in [0.15, 0.2) is 64.4 Å². The molecule has 0 atom stereocenters. The zero-order valence-electron chi connectivity index (χ0n) is 12.5. The van der Waals surface area contributed by atoms with Crippen molar-refractivity contribution in [3.8, 4) is 11.3 Å². The predicted molar refractivity (Wildman–Crippen MR) is 98.0 cm³/mol. The number of aromatic nitrogens is 2. The average molecular weight is 387 g/mol. The average Bonchev–Trinajstić information content (AvgIpc) is 3.03. The van der Waals surface area contributed by atoms with Crippen molar-refractivity contribution >= 4 is 33.5 Å². The third-order valence-corrected chi connectivity index (χ3v) is 4.84. The summed E-state index contributed by atoms with van der Waals surface area (Å²) in [5.74, 6) is 0.479. The van der Waals surface area contributed by atoms with Crippen LogP contribution in [-0.2, 0) is 0 Å². The molecule has 0 unspecified atom stereocenters. The molecule has 1 N–H and O–H groups in total. The number of carbonyl (C=O) groups is 1. The molecule has 0 aliphatic heterocycles. The van der Waals surface area contributed by atoms with Crippen molar-refractivity contribution in [3.05, 3.63) is 70.3 Å². The van der Waals surface area contributed by atoms with E-state index >= 15 is 0 Å². The number of rotatable bonds is 5. The molecule has 3 nitrogen and oxygen atoms in total. The lowest BCUT2D eigenvalue weighted by Gasteiger charge is -2.00. The van der Waals surface area contributed by atoms with Gasteiger partial charge in [0.1, 0.15) is 0 Å². The number of imidazole rings is 1. The number of H-pyrrole nitrogens is 1. The second-order valence-electron chi connectivity index (χ2n) is 5.19. The van der Waals surface area contributed by atoms with E-state index in [1.54, 1.807) is 6.20 Å². The van der Waals surface area contributed by atoms with E-state index < -0.39 is 0 Å². The molecule has 0 aliphatic carbocycles. The molecular weight excluding hydrogens is 372 g/mol. The molecule has 23 heavy (non-hydrogen) atoms. The molecule has 0 amide bonds. The largest absolute Gasteiger partial charge is 0.333 e. The number of thioether (sulfide) groups is 1. The van der Waals surface area contributed by atoms with Crippen LogP contribution in [0.5, 0.6) is 0 Å². The number of carbonyl (C=O) groups excluding carboxylic acids is 1. The Kier molecular flexibility index (Phi) is 4.98. The maximum absolute atomic E-state index is 12.2.